The highest BCUT2D eigenvalue weighted by Gasteiger charge is 2.61. The molecule has 0 amide bonds. The summed E-state index contributed by atoms with van der Waals surface area (Å²) in [7, 11) is 0. The lowest BCUT2D eigenvalue weighted by Gasteiger charge is -2.08. The maximum absolute atomic E-state index is 11.8. The van der Waals surface area contributed by atoms with Gasteiger partial charge in [0.2, 0.25) is 0 Å². The summed E-state index contributed by atoms with van der Waals surface area (Å²) in [6, 6.07) is 0. The third-order valence-corrected chi connectivity index (χ3v) is 3.63. The second-order valence-electron chi connectivity index (χ2n) is 4.75. The normalized spacial score (nSPS) is 27.2. The van der Waals surface area contributed by atoms with E-state index in [1.807, 2.05) is 19.9 Å². The van der Waals surface area contributed by atoms with Gasteiger partial charge in [-0.15, -0.1) is 0 Å². The summed E-state index contributed by atoms with van der Waals surface area (Å²) in [4.78, 5) is 11.8. The first-order chi connectivity index (χ1) is 7.80. The van der Waals surface area contributed by atoms with E-state index in [0.29, 0.717) is 0 Å². The van der Waals surface area contributed by atoms with Gasteiger partial charge in [0, 0.05) is 0 Å². The lowest BCUT2D eigenvalue weighted by molar-refractivity contribution is -0.149. The van der Waals surface area contributed by atoms with Crippen LogP contribution in [-0.4, -0.2) is 35.5 Å². The molecule has 0 aromatic rings. The SMILES string of the molecule is CC1(C)C(C=C(Br)Br)C1C(=O)OCC(O)CO. The fraction of sp³-hybridized carbons (Fsp3) is 0.727. The molecule has 4 nitrogen and oxygen atoms in total. The van der Waals surface area contributed by atoms with E-state index in [1.165, 1.54) is 0 Å². The molecular weight excluding hydrogens is 356 g/mol. The van der Waals surface area contributed by atoms with Crippen LogP contribution >= 0.6 is 31.9 Å². The Bertz CT molecular complexity index is 323. The zero-order valence-corrected chi connectivity index (χ0v) is 12.9. The largest absolute Gasteiger partial charge is 0.463 e. The summed E-state index contributed by atoms with van der Waals surface area (Å²) in [5.74, 6) is -0.404. The van der Waals surface area contributed by atoms with Gasteiger partial charge in [-0.2, -0.15) is 0 Å². The molecular formula is C11H16Br2O4. The fourth-order valence-corrected chi connectivity index (χ4v) is 2.47. The van der Waals surface area contributed by atoms with Crippen molar-refractivity contribution in [2.45, 2.75) is 20.0 Å². The van der Waals surface area contributed by atoms with E-state index in [0.717, 1.165) is 3.39 Å². The van der Waals surface area contributed by atoms with Crippen molar-refractivity contribution in [3.05, 3.63) is 9.47 Å². The molecule has 0 bridgehead atoms. The summed E-state index contributed by atoms with van der Waals surface area (Å²) < 4.78 is 5.77. The maximum Gasteiger partial charge on any atom is 0.310 e. The van der Waals surface area contributed by atoms with Gasteiger partial charge in [0.15, 0.2) is 0 Å². The molecule has 1 rings (SSSR count). The maximum atomic E-state index is 11.8. The average molecular weight is 372 g/mol. The minimum atomic E-state index is -1.00. The number of carbonyl (C=O) groups excluding carboxylic acids is 1. The summed E-state index contributed by atoms with van der Waals surface area (Å²) >= 11 is 6.54. The number of aliphatic hydroxyl groups excluding tert-OH is 2. The Hall–Kier alpha value is 0.0900. The first-order valence-electron chi connectivity index (χ1n) is 5.29. The van der Waals surface area contributed by atoms with Crippen LogP contribution in [0.15, 0.2) is 9.47 Å². The number of aliphatic hydroxyl groups is 2. The van der Waals surface area contributed by atoms with E-state index < -0.39 is 12.7 Å². The van der Waals surface area contributed by atoms with Gasteiger partial charge >= 0.3 is 5.97 Å². The molecule has 0 aromatic carbocycles. The molecule has 0 saturated heterocycles. The minimum absolute atomic E-state index is 0.120. The zero-order valence-electron chi connectivity index (χ0n) is 9.69. The van der Waals surface area contributed by atoms with Crippen molar-refractivity contribution >= 4 is 37.8 Å². The number of halogens is 2. The van der Waals surface area contributed by atoms with Crippen molar-refractivity contribution in [2.24, 2.45) is 17.3 Å². The molecule has 98 valence electrons. The molecule has 0 heterocycles. The Morgan fingerprint density at radius 1 is 1.53 bits per heavy atom. The fourth-order valence-electron chi connectivity index (χ4n) is 1.90. The first-order valence-corrected chi connectivity index (χ1v) is 6.87. The Morgan fingerprint density at radius 3 is 2.59 bits per heavy atom. The van der Waals surface area contributed by atoms with Crippen molar-refractivity contribution in [2.75, 3.05) is 13.2 Å². The molecule has 6 heteroatoms. The lowest BCUT2D eigenvalue weighted by atomic mass is 10.1. The summed E-state index contributed by atoms with van der Waals surface area (Å²) in [5.41, 5.74) is -0.131. The topological polar surface area (TPSA) is 66.8 Å². The number of allylic oxidation sites excluding steroid dienone is 1. The van der Waals surface area contributed by atoms with Crippen molar-refractivity contribution in [1.82, 2.24) is 0 Å². The number of rotatable bonds is 5. The monoisotopic (exact) mass is 370 g/mol. The van der Waals surface area contributed by atoms with E-state index >= 15 is 0 Å². The molecule has 0 spiro atoms. The molecule has 1 saturated carbocycles. The highest BCUT2D eigenvalue weighted by molar-refractivity contribution is 9.28. The van der Waals surface area contributed by atoms with Gasteiger partial charge in [0.05, 0.1) is 15.9 Å². The van der Waals surface area contributed by atoms with Crippen molar-refractivity contribution in [1.29, 1.82) is 0 Å². The van der Waals surface area contributed by atoms with Crippen LogP contribution in [0.4, 0.5) is 0 Å². The van der Waals surface area contributed by atoms with Crippen LogP contribution in [0, 0.1) is 17.3 Å². The van der Waals surface area contributed by atoms with Gasteiger partial charge in [0.1, 0.15) is 12.7 Å². The summed E-state index contributed by atoms with van der Waals surface area (Å²) in [6.45, 7) is 3.42. The van der Waals surface area contributed by atoms with E-state index in [-0.39, 0.29) is 29.8 Å². The molecule has 3 atom stereocenters. The van der Waals surface area contributed by atoms with Gasteiger partial charge in [-0.3, -0.25) is 4.79 Å². The molecule has 0 aromatic heterocycles. The van der Waals surface area contributed by atoms with Crippen molar-refractivity contribution in [3.8, 4) is 0 Å². The number of esters is 1. The summed E-state index contributed by atoms with van der Waals surface area (Å²) in [5, 5.41) is 17.7. The van der Waals surface area contributed by atoms with Crippen LogP contribution in [0.3, 0.4) is 0 Å². The smallest absolute Gasteiger partial charge is 0.310 e. The predicted molar refractivity (Wildman–Crippen MR) is 70.7 cm³/mol. The molecule has 1 aliphatic rings. The van der Waals surface area contributed by atoms with Crippen LogP contribution in [0.5, 0.6) is 0 Å². The lowest BCUT2D eigenvalue weighted by Crippen LogP contribution is -2.23. The zero-order chi connectivity index (χ0) is 13.2. The van der Waals surface area contributed by atoms with E-state index in [4.69, 9.17) is 14.9 Å². The standard InChI is InChI=1S/C11H16Br2O4/c1-11(2)7(3-8(12)13)9(11)10(16)17-5-6(15)4-14/h3,6-7,9,14-15H,4-5H2,1-2H3. The molecule has 17 heavy (non-hydrogen) atoms. The predicted octanol–water partition coefficient (Wildman–Crippen LogP) is 1.79. The highest BCUT2D eigenvalue weighted by Crippen LogP contribution is 2.60. The minimum Gasteiger partial charge on any atom is -0.463 e. The van der Waals surface area contributed by atoms with E-state index in [2.05, 4.69) is 31.9 Å². The Morgan fingerprint density at radius 2 is 2.12 bits per heavy atom. The third-order valence-electron chi connectivity index (χ3n) is 3.10. The summed E-state index contributed by atoms with van der Waals surface area (Å²) in [6.07, 6.45) is 0.923. The van der Waals surface area contributed by atoms with Crippen LogP contribution < -0.4 is 0 Å². The molecule has 1 fully saturated rings. The second kappa shape index (κ2) is 5.82. The Balaban J connectivity index is 2.52. The van der Waals surface area contributed by atoms with E-state index in [1.54, 1.807) is 0 Å². The second-order valence-corrected chi connectivity index (χ2v) is 7.52. The molecule has 1 aliphatic carbocycles. The van der Waals surface area contributed by atoms with Gasteiger partial charge in [0.25, 0.3) is 0 Å². The quantitative estimate of drug-likeness (QED) is 0.723. The highest BCUT2D eigenvalue weighted by atomic mass is 79.9. The third kappa shape index (κ3) is 3.77. The molecule has 0 aliphatic heterocycles. The van der Waals surface area contributed by atoms with Gasteiger partial charge < -0.3 is 14.9 Å². The van der Waals surface area contributed by atoms with Crippen LogP contribution in [0.2, 0.25) is 0 Å². The Kier molecular flexibility index (Phi) is 5.19. The van der Waals surface area contributed by atoms with E-state index in [9.17, 15) is 4.79 Å². The molecule has 2 N–H and O–H groups in total. The van der Waals surface area contributed by atoms with Crippen LogP contribution in [-0.2, 0) is 9.53 Å². The Labute approximate surface area is 117 Å². The first kappa shape index (κ1) is 15.1. The van der Waals surface area contributed by atoms with Crippen LogP contribution in [0.1, 0.15) is 13.8 Å². The van der Waals surface area contributed by atoms with Gasteiger partial charge in [-0.05, 0) is 43.2 Å². The van der Waals surface area contributed by atoms with Crippen molar-refractivity contribution in [3.63, 3.8) is 0 Å². The van der Waals surface area contributed by atoms with Gasteiger partial charge in [-0.25, -0.2) is 0 Å². The van der Waals surface area contributed by atoms with Crippen LogP contribution in [0.25, 0.3) is 0 Å². The van der Waals surface area contributed by atoms with Gasteiger partial charge in [-0.1, -0.05) is 19.9 Å². The molecule has 0 radical (unpaired) electrons. The molecule has 3 unspecified atom stereocenters. The average Bonchev–Trinajstić information content (AvgIpc) is 2.75. The number of hydrogen-bond acceptors (Lipinski definition) is 4. The number of ether oxygens (including phenoxy) is 1. The number of carbonyl (C=O) groups is 1. The van der Waals surface area contributed by atoms with Crippen molar-refractivity contribution < 1.29 is 19.7 Å². The number of hydrogen-bond donors (Lipinski definition) is 2.